The third-order valence-corrected chi connectivity index (χ3v) is 4.38. The van der Waals surface area contributed by atoms with Gasteiger partial charge < -0.3 is 9.72 Å². The number of aromatic nitrogens is 2. The molecule has 0 aromatic carbocycles. The summed E-state index contributed by atoms with van der Waals surface area (Å²) in [6.45, 7) is 4.00. The first-order valence-corrected chi connectivity index (χ1v) is 8.08. The molecule has 0 saturated carbocycles. The Morgan fingerprint density at radius 2 is 2.09 bits per heavy atom. The highest BCUT2D eigenvalue weighted by Crippen LogP contribution is 2.25. The molecule has 1 fully saturated rings. The van der Waals surface area contributed by atoms with Gasteiger partial charge in [0.25, 0.3) is 5.91 Å². The van der Waals surface area contributed by atoms with Crippen molar-refractivity contribution in [3.8, 4) is 0 Å². The summed E-state index contributed by atoms with van der Waals surface area (Å²) >= 11 is 5.95. The molecule has 3 heterocycles. The molecule has 6 nitrogen and oxygen atoms in total. The highest BCUT2D eigenvalue weighted by atomic mass is 35.5. The third-order valence-electron chi connectivity index (χ3n) is 4.16. The van der Waals surface area contributed by atoms with Crippen LogP contribution in [0.25, 0.3) is 5.65 Å². The van der Waals surface area contributed by atoms with Gasteiger partial charge in [-0.1, -0.05) is 31.4 Å². The SMILES string of the molecule is CCCC[C@]1(C)NC(=O)N(Cc2cn3cc(Cl)ccc3n2)C1=O. The van der Waals surface area contributed by atoms with Crippen molar-refractivity contribution in [3.63, 3.8) is 0 Å². The standard InChI is InChI=1S/C16H19ClN4O2/c1-3-4-7-16(2)14(22)21(15(23)19-16)10-12-9-20-8-11(17)5-6-13(20)18-12/h5-6,8-9H,3-4,7,10H2,1-2H3,(H,19,23)/t16-/m0/s1. The first-order valence-electron chi connectivity index (χ1n) is 7.70. The zero-order valence-electron chi connectivity index (χ0n) is 13.2. The summed E-state index contributed by atoms with van der Waals surface area (Å²) in [6, 6.07) is 3.19. The summed E-state index contributed by atoms with van der Waals surface area (Å²) in [5.74, 6) is -0.189. The summed E-state index contributed by atoms with van der Waals surface area (Å²) in [5.41, 5.74) is 0.566. The van der Waals surface area contributed by atoms with Gasteiger partial charge in [-0.25, -0.2) is 9.78 Å². The quantitative estimate of drug-likeness (QED) is 0.855. The van der Waals surface area contributed by atoms with Crippen LogP contribution in [-0.4, -0.2) is 31.8 Å². The van der Waals surface area contributed by atoms with Crippen LogP contribution in [0.3, 0.4) is 0 Å². The van der Waals surface area contributed by atoms with Crippen molar-refractivity contribution in [1.29, 1.82) is 0 Å². The average Bonchev–Trinajstić information content (AvgIpc) is 2.99. The van der Waals surface area contributed by atoms with Gasteiger partial charge in [0.15, 0.2) is 0 Å². The summed E-state index contributed by atoms with van der Waals surface area (Å²) in [5, 5.41) is 3.41. The lowest BCUT2D eigenvalue weighted by Gasteiger charge is -2.21. The molecule has 0 aliphatic carbocycles. The number of rotatable bonds is 5. The number of nitrogens with one attached hydrogen (secondary N) is 1. The molecule has 1 aliphatic heterocycles. The van der Waals surface area contributed by atoms with Crippen LogP contribution >= 0.6 is 11.6 Å². The summed E-state index contributed by atoms with van der Waals surface area (Å²) in [6.07, 6.45) is 6.04. The number of urea groups is 1. The Bertz CT molecular complexity index is 773. The molecular formula is C16H19ClN4O2. The number of hydrogen-bond donors (Lipinski definition) is 1. The van der Waals surface area contributed by atoms with Gasteiger partial charge in [0.1, 0.15) is 11.2 Å². The van der Waals surface area contributed by atoms with Crippen molar-refractivity contribution in [3.05, 3.63) is 35.2 Å². The van der Waals surface area contributed by atoms with Crippen LogP contribution in [0.15, 0.2) is 24.5 Å². The molecule has 23 heavy (non-hydrogen) atoms. The summed E-state index contributed by atoms with van der Waals surface area (Å²) in [7, 11) is 0. The number of hydrogen-bond acceptors (Lipinski definition) is 3. The van der Waals surface area contributed by atoms with Gasteiger partial charge in [-0.05, 0) is 25.5 Å². The number of carbonyl (C=O) groups is 2. The molecule has 0 spiro atoms. The first-order chi connectivity index (χ1) is 10.9. The number of imidazole rings is 1. The number of carbonyl (C=O) groups excluding carboxylic acids is 2. The number of nitrogens with zero attached hydrogens (tertiary/aromatic N) is 3. The van der Waals surface area contributed by atoms with Gasteiger partial charge in [0.2, 0.25) is 0 Å². The van der Waals surface area contributed by atoms with E-state index in [0.717, 1.165) is 18.5 Å². The lowest BCUT2D eigenvalue weighted by Crippen LogP contribution is -2.43. The molecule has 0 radical (unpaired) electrons. The van der Waals surface area contributed by atoms with Gasteiger partial charge in [-0.15, -0.1) is 0 Å². The van der Waals surface area contributed by atoms with Crippen LogP contribution in [-0.2, 0) is 11.3 Å². The molecule has 3 amide bonds. The molecule has 1 atom stereocenters. The molecule has 1 N–H and O–H groups in total. The predicted octanol–water partition coefficient (Wildman–Crippen LogP) is 2.99. The van der Waals surface area contributed by atoms with Crippen molar-refractivity contribution in [1.82, 2.24) is 19.6 Å². The Morgan fingerprint density at radius 1 is 1.30 bits per heavy atom. The maximum atomic E-state index is 12.6. The van der Waals surface area contributed by atoms with Crippen molar-refractivity contribution in [2.24, 2.45) is 0 Å². The highest BCUT2D eigenvalue weighted by Gasteiger charge is 2.47. The molecule has 2 aromatic rings. The number of imide groups is 1. The molecular weight excluding hydrogens is 316 g/mol. The Hall–Kier alpha value is -2.08. The van der Waals surface area contributed by atoms with E-state index in [-0.39, 0.29) is 18.5 Å². The minimum atomic E-state index is -0.810. The zero-order valence-corrected chi connectivity index (χ0v) is 13.9. The predicted molar refractivity (Wildman–Crippen MR) is 87.2 cm³/mol. The Balaban J connectivity index is 1.81. The number of amides is 3. The highest BCUT2D eigenvalue weighted by molar-refractivity contribution is 6.30. The van der Waals surface area contributed by atoms with Gasteiger partial charge in [0.05, 0.1) is 17.3 Å². The molecule has 122 valence electrons. The van der Waals surface area contributed by atoms with E-state index in [0.29, 0.717) is 17.1 Å². The third kappa shape index (κ3) is 2.91. The van der Waals surface area contributed by atoms with Crippen LogP contribution in [0.5, 0.6) is 0 Å². The molecule has 2 aromatic heterocycles. The number of pyridine rings is 1. The largest absolute Gasteiger partial charge is 0.325 e. The summed E-state index contributed by atoms with van der Waals surface area (Å²) < 4.78 is 1.78. The molecule has 7 heteroatoms. The first kappa shape index (κ1) is 15.8. The fourth-order valence-electron chi connectivity index (χ4n) is 2.85. The second-order valence-corrected chi connectivity index (χ2v) is 6.54. The van der Waals surface area contributed by atoms with Crippen LogP contribution in [0.2, 0.25) is 5.02 Å². The number of unbranched alkanes of at least 4 members (excludes halogenated alkanes) is 1. The zero-order chi connectivity index (χ0) is 16.6. The van der Waals surface area contributed by atoms with Crippen LogP contribution < -0.4 is 5.32 Å². The minimum Gasteiger partial charge on any atom is -0.323 e. The Labute approximate surface area is 139 Å². The van der Waals surface area contributed by atoms with Crippen LogP contribution in [0.4, 0.5) is 4.79 Å². The smallest absolute Gasteiger partial charge is 0.323 e. The monoisotopic (exact) mass is 334 g/mol. The summed E-state index contributed by atoms with van der Waals surface area (Å²) in [4.78, 5) is 30.4. The van der Waals surface area contributed by atoms with E-state index in [2.05, 4.69) is 17.2 Å². The minimum absolute atomic E-state index is 0.158. The maximum absolute atomic E-state index is 12.6. The van der Waals surface area contributed by atoms with Crippen LogP contribution in [0.1, 0.15) is 38.8 Å². The van der Waals surface area contributed by atoms with Crippen molar-refractivity contribution < 1.29 is 9.59 Å². The van der Waals surface area contributed by atoms with Gasteiger partial charge in [-0.3, -0.25) is 9.69 Å². The Kier molecular flexibility index (Phi) is 4.02. The van der Waals surface area contributed by atoms with E-state index < -0.39 is 5.54 Å². The van der Waals surface area contributed by atoms with Gasteiger partial charge >= 0.3 is 6.03 Å². The molecule has 0 unspecified atom stereocenters. The van der Waals surface area contributed by atoms with E-state index in [1.807, 2.05) is 0 Å². The average molecular weight is 335 g/mol. The van der Waals surface area contributed by atoms with Crippen molar-refractivity contribution in [2.45, 2.75) is 45.2 Å². The lowest BCUT2D eigenvalue weighted by atomic mass is 9.95. The van der Waals surface area contributed by atoms with Crippen molar-refractivity contribution >= 4 is 29.2 Å². The topological polar surface area (TPSA) is 66.7 Å². The maximum Gasteiger partial charge on any atom is 0.325 e. The second-order valence-electron chi connectivity index (χ2n) is 6.10. The molecule has 1 saturated heterocycles. The Morgan fingerprint density at radius 3 is 2.83 bits per heavy atom. The van der Waals surface area contributed by atoms with E-state index in [1.165, 1.54) is 4.90 Å². The van der Waals surface area contributed by atoms with E-state index in [4.69, 9.17) is 11.6 Å². The molecule has 3 rings (SSSR count). The lowest BCUT2D eigenvalue weighted by molar-refractivity contribution is -0.131. The fraction of sp³-hybridized carbons (Fsp3) is 0.438. The van der Waals surface area contributed by atoms with Crippen molar-refractivity contribution in [2.75, 3.05) is 0 Å². The van der Waals surface area contributed by atoms with Gasteiger partial charge in [0, 0.05) is 12.4 Å². The fourth-order valence-corrected chi connectivity index (χ4v) is 3.01. The molecule has 1 aliphatic rings. The van der Waals surface area contributed by atoms with E-state index >= 15 is 0 Å². The molecule has 0 bridgehead atoms. The van der Waals surface area contributed by atoms with Crippen LogP contribution in [0, 0.1) is 0 Å². The second kappa shape index (κ2) is 5.85. The van der Waals surface area contributed by atoms with Gasteiger partial charge in [-0.2, -0.15) is 0 Å². The number of halogens is 1. The normalized spacial score (nSPS) is 21.3. The van der Waals surface area contributed by atoms with E-state index in [9.17, 15) is 9.59 Å². The number of fused-ring (bicyclic) bond motifs is 1. The van der Waals surface area contributed by atoms with E-state index in [1.54, 1.807) is 35.9 Å².